The lowest BCUT2D eigenvalue weighted by atomic mass is 10.1. The van der Waals surface area contributed by atoms with Crippen LogP contribution >= 0.6 is 11.6 Å². The van der Waals surface area contributed by atoms with Crippen LogP contribution in [0, 0.1) is 5.92 Å². The second-order valence-corrected chi connectivity index (χ2v) is 6.00. The zero-order valence-electron chi connectivity index (χ0n) is 6.07. The molecule has 4 nitrogen and oxygen atoms in total. The molecule has 2 saturated heterocycles. The van der Waals surface area contributed by atoms with E-state index in [1.54, 1.807) is 0 Å². The molecule has 0 saturated carbocycles. The Morgan fingerprint density at radius 2 is 2.17 bits per heavy atom. The number of ether oxygens (including phenoxy) is 1. The fraction of sp³-hybridized carbons (Fsp3) is 0.833. The first-order valence-electron chi connectivity index (χ1n) is 3.56. The maximum atomic E-state index is 11.2. The summed E-state index contributed by atoms with van der Waals surface area (Å²) in [6, 6.07) is 0. The average molecular weight is 211 g/mol. The zero-order valence-corrected chi connectivity index (χ0v) is 7.64. The molecule has 0 radical (unpaired) electrons. The second-order valence-electron chi connectivity index (χ2n) is 3.10. The Labute approximate surface area is 74.8 Å². The van der Waals surface area contributed by atoms with E-state index in [1.807, 2.05) is 0 Å². The summed E-state index contributed by atoms with van der Waals surface area (Å²) in [4.78, 5) is 10.7. The van der Waals surface area contributed by atoms with E-state index in [4.69, 9.17) is 16.3 Å². The Hall–Kier alpha value is -0.290. The number of sulfone groups is 1. The molecule has 0 bridgehead atoms. The summed E-state index contributed by atoms with van der Waals surface area (Å²) in [5.74, 6) is -0.576. The van der Waals surface area contributed by atoms with Crippen molar-refractivity contribution in [1.82, 2.24) is 0 Å². The number of alkyl halides is 1. The van der Waals surface area contributed by atoms with Gasteiger partial charge in [-0.15, -0.1) is 11.6 Å². The molecule has 0 spiro atoms. The van der Waals surface area contributed by atoms with Crippen molar-refractivity contribution < 1.29 is 17.9 Å². The standard InChI is InChI=1S/C6H7ClO4S/c7-6-5-3(1-4(8)11-5)2-12(6,9)10/h3,5-6H,1-2H2. The van der Waals surface area contributed by atoms with Gasteiger partial charge in [0.25, 0.3) is 0 Å². The molecule has 0 aromatic rings. The highest BCUT2D eigenvalue weighted by atomic mass is 35.5. The van der Waals surface area contributed by atoms with Crippen molar-refractivity contribution in [2.75, 3.05) is 5.75 Å². The van der Waals surface area contributed by atoms with Gasteiger partial charge in [-0.3, -0.25) is 4.79 Å². The average Bonchev–Trinajstić information content (AvgIpc) is 2.35. The third-order valence-electron chi connectivity index (χ3n) is 2.21. The van der Waals surface area contributed by atoms with E-state index in [9.17, 15) is 13.2 Å². The van der Waals surface area contributed by atoms with E-state index < -0.39 is 20.7 Å². The first-order valence-corrected chi connectivity index (χ1v) is 5.71. The van der Waals surface area contributed by atoms with E-state index in [2.05, 4.69) is 0 Å². The van der Waals surface area contributed by atoms with Crippen LogP contribution < -0.4 is 0 Å². The summed E-state index contributed by atoms with van der Waals surface area (Å²) in [6.45, 7) is 0. The van der Waals surface area contributed by atoms with Crippen LogP contribution in [-0.2, 0) is 19.4 Å². The molecule has 2 rings (SSSR count). The molecule has 0 N–H and O–H groups in total. The molecule has 3 atom stereocenters. The first kappa shape index (κ1) is 8.31. The largest absolute Gasteiger partial charge is 0.459 e. The minimum Gasteiger partial charge on any atom is -0.459 e. The highest BCUT2D eigenvalue weighted by molar-refractivity contribution is 7.93. The molecular weight excluding hydrogens is 204 g/mol. The lowest BCUT2D eigenvalue weighted by Crippen LogP contribution is -2.22. The van der Waals surface area contributed by atoms with E-state index in [1.165, 1.54) is 0 Å². The Balaban J connectivity index is 2.30. The predicted octanol–water partition coefficient (Wildman–Crippen LogP) is -0.0886. The molecule has 3 unspecified atom stereocenters. The Morgan fingerprint density at radius 1 is 1.50 bits per heavy atom. The summed E-state index contributed by atoms with van der Waals surface area (Å²) in [5.41, 5.74) is 0. The Kier molecular flexibility index (Phi) is 1.63. The van der Waals surface area contributed by atoms with Gasteiger partial charge in [-0.05, 0) is 0 Å². The number of carbonyl (C=O) groups excluding carboxylic acids is 1. The molecule has 2 fully saturated rings. The van der Waals surface area contributed by atoms with Crippen molar-refractivity contribution in [3.63, 3.8) is 0 Å². The molecule has 0 aromatic carbocycles. The lowest BCUT2D eigenvalue weighted by molar-refractivity contribution is -0.140. The molecule has 0 aromatic heterocycles. The van der Waals surface area contributed by atoms with Crippen molar-refractivity contribution >= 4 is 27.4 Å². The number of hydrogen-bond acceptors (Lipinski definition) is 4. The molecule has 12 heavy (non-hydrogen) atoms. The van der Waals surface area contributed by atoms with Gasteiger partial charge >= 0.3 is 5.97 Å². The van der Waals surface area contributed by atoms with Gasteiger partial charge in [0, 0.05) is 5.92 Å². The van der Waals surface area contributed by atoms with Crippen LogP contribution in [0.4, 0.5) is 0 Å². The number of hydrogen-bond donors (Lipinski definition) is 0. The lowest BCUT2D eigenvalue weighted by Gasteiger charge is -2.08. The second kappa shape index (κ2) is 2.35. The van der Waals surface area contributed by atoms with Crippen LogP contribution in [0.3, 0.4) is 0 Å². The minimum absolute atomic E-state index is 0.0163. The van der Waals surface area contributed by atoms with Crippen molar-refractivity contribution in [1.29, 1.82) is 0 Å². The van der Waals surface area contributed by atoms with E-state index in [-0.39, 0.29) is 24.1 Å². The summed E-state index contributed by atoms with van der Waals surface area (Å²) >= 11 is 5.60. The maximum Gasteiger partial charge on any atom is 0.306 e. The summed E-state index contributed by atoms with van der Waals surface area (Å²) in [7, 11) is -3.22. The van der Waals surface area contributed by atoms with Crippen LogP contribution in [-0.4, -0.2) is 31.0 Å². The van der Waals surface area contributed by atoms with Gasteiger partial charge in [-0.2, -0.15) is 0 Å². The van der Waals surface area contributed by atoms with Crippen molar-refractivity contribution in [2.24, 2.45) is 5.92 Å². The van der Waals surface area contributed by atoms with Crippen LogP contribution in [0.2, 0.25) is 0 Å². The monoisotopic (exact) mass is 210 g/mol. The molecule has 0 aliphatic carbocycles. The van der Waals surface area contributed by atoms with Gasteiger partial charge in [0.2, 0.25) is 0 Å². The SMILES string of the molecule is O=C1CC2CS(=O)(=O)C(Cl)C2O1. The number of carbonyl (C=O) groups is 1. The molecule has 6 heteroatoms. The van der Waals surface area contributed by atoms with Gasteiger partial charge in [0.1, 0.15) is 6.10 Å². The quantitative estimate of drug-likeness (QED) is 0.414. The molecule has 2 heterocycles. The number of rotatable bonds is 0. The zero-order chi connectivity index (χ0) is 8.93. The fourth-order valence-electron chi connectivity index (χ4n) is 1.64. The van der Waals surface area contributed by atoms with Gasteiger partial charge in [-0.1, -0.05) is 0 Å². The molecule has 0 amide bonds. The van der Waals surface area contributed by atoms with E-state index in [0.29, 0.717) is 0 Å². The van der Waals surface area contributed by atoms with Crippen LogP contribution in [0.5, 0.6) is 0 Å². The van der Waals surface area contributed by atoms with Crippen LogP contribution in [0.1, 0.15) is 6.42 Å². The number of esters is 1. The van der Waals surface area contributed by atoms with E-state index in [0.717, 1.165) is 0 Å². The van der Waals surface area contributed by atoms with Gasteiger partial charge < -0.3 is 4.74 Å². The molecular formula is C6H7ClO4S. The summed E-state index contributed by atoms with van der Waals surface area (Å²) < 4.78 is 26.1. The highest BCUT2D eigenvalue weighted by Gasteiger charge is 2.52. The van der Waals surface area contributed by atoms with Gasteiger partial charge in [-0.25, -0.2) is 8.42 Å². The minimum atomic E-state index is -3.22. The highest BCUT2D eigenvalue weighted by Crippen LogP contribution is 2.38. The predicted molar refractivity (Wildman–Crippen MR) is 41.4 cm³/mol. The third-order valence-corrected chi connectivity index (χ3v) is 5.12. The normalized spacial score (nSPS) is 44.1. The third kappa shape index (κ3) is 1.03. The fourth-order valence-corrected chi connectivity index (χ4v) is 3.89. The molecule has 2 aliphatic heterocycles. The Bertz CT molecular complexity index is 322. The Morgan fingerprint density at radius 3 is 2.75 bits per heavy atom. The number of fused-ring (bicyclic) bond motifs is 1. The van der Waals surface area contributed by atoms with Crippen LogP contribution in [0.15, 0.2) is 0 Å². The van der Waals surface area contributed by atoms with Gasteiger partial charge in [0.05, 0.1) is 12.2 Å². The van der Waals surface area contributed by atoms with Crippen molar-refractivity contribution in [2.45, 2.75) is 17.2 Å². The van der Waals surface area contributed by atoms with Crippen LogP contribution in [0.25, 0.3) is 0 Å². The van der Waals surface area contributed by atoms with E-state index >= 15 is 0 Å². The van der Waals surface area contributed by atoms with Crippen molar-refractivity contribution in [3.8, 4) is 0 Å². The smallest absolute Gasteiger partial charge is 0.306 e. The first-order chi connectivity index (χ1) is 5.50. The summed E-state index contributed by atoms with van der Waals surface area (Å²) in [5, 5.41) is 0. The van der Waals surface area contributed by atoms with Crippen molar-refractivity contribution in [3.05, 3.63) is 0 Å². The summed E-state index contributed by atoms with van der Waals surface area (Å²) in [6.07, 6.45) is -0.420. The van der Waals surface area contributed by atoms with Gasteiger partial charge in [0.15, 0.2) is 14.5 Å². The maximum absolute atomic E-state index is 11.2. The number of halogens is 1. The molecule has 68 valence electrons. The topological polar surface area (TPSA) is 60.4 Å². The molecule has 2 aliphatic rings.